The van der Waals surface area contributed by atoms with Crippen molar-refractivity contribution < 1.29 is 14.4 Å². The fourth-order valence-electron chi connectivity index (χ4n) is 5.00. The molecular weight excluding hydrogens is 408 g/mol. The number of Topliss-reactive ketones (excluding diaryl/α,β-unsaturated/α-hetero) is 2. The maximum Gasteiger partial charge on any atom is 0.193 e. The lowest BCUT2D eigenvalue weighted by Crippen LogP contribution is -2.38. The average molecular weight is 431 g/mol. The second-order valence-corrected chi connectivity index (χ2v) is 8.44. The summed E-state index contributed by atoms with van der Waals surface area (Å²) in [6, 6.07) is 30.6. The quantitative estimate of drug-likeness (QED) is 0.328. The first-order chi connectivity index (χ1) is 15.9. The minimum atomic E-state index is -0.772. The van der Waals surface area contributed by atoms with Gasteiger partial charge < -0.3 is 0 Å². The van der Waals surface area contributed by atoms with Crippen LogP contribution in [0.4, 0.5) is 0 Å². The predicted molar refractivity (Wildman–Crippen MR) is 128 cm³/mol. The van der Waals surface area contributed by atoms with E-state index in [-0.39, 0.29) is 17.3 Å². The van der Waals surface area contributed by atoms with Crippen LogP contribution in [0, 0.1) is 0 Å². The van der Waals surface area contributed by atoms with Crippen molar-refractivity contribution in [1.82, 2.24) is 0 Å². The Labute approximate surface area is 192 Å². The Morgan fingerprint density at radius 3 is 1.27 bits per heavy atom. The van der Waals surface area contributed by atoms with Crippen molar-refractivity contribution in [3.63, 3.8) is 0 Å². The molecular formula is C30H22O3. The van der Waals surface area contributed by atoms with Gasteiger partial charge in [0.05, 0.1) is 5.41 Å². The van der Waals surface area contributed by atoms with Crippen LogP contribution < -0.4 is 0 Å². The SMILES string of the molecule is CC(=O)c1ccc(C2(c3ccc(C(C)=O)cc3)c3ccccc3C(=O)c3ccccc32)cc1. The number of hydrogen-bond donors (Lipinski definition) is 0. The summed E-state index contributed by atoms with van der Waals surface area (Å²) in [7, 11) is 0. The third-order valence-electron chi connectivity index (χ3n) is 6.60. The maximum absolute atomic E-state index is 13.5. The number of rotatable bonds is 4. The summed E-state index contributed by atoms with van der Waals surface area (Å²) in [6.45, 7) is 3.10. The number of carbonyl (C=O) groups is 3. The van der Waals surface area contributed by atoms with Crippen LogP contribution in [0.2, 0.25) is 0 Å². The van der Waals surface area contributed by atoms with E-state index in [4.69, 9.17) is 0 Å². The number of carbonyl (C=O) groups excluding carboxylic acids is 3. The zero-order valence-electron chi connectivity index (χ0n) is 18.5. The monoisotopic (exact) mass is 430 g/mol. The van der Waals surface area contributed by atoms with Crippen molar-refractivity contribution in [3.8, 4) is 0 Å². The Morgan fingerprint density at radius 2 is 0.909 bits per heavy atom. The summed E-state index contributed by atoms with van der Waals surface area (Å²) < 4.78 is 0. The van der Waals surface area contributed by atoms with E-state index in [9.17, 15) is 14.4 Å². The van der Waals surface area contributed by atoms with Gasteiger partial charge in [-0.1, -0.05) is 97.1 Å². The smallest absolute Gasteiger partial charge is 0.193 e. The molecule has 1 aliphatic rings. The van der Waals surface area contributed by atoms with Crippen LogP contribution in [0.15, 0.2) is 97.1 Å². The summed E-state index contributed by atoms with van der Waals surface area (Å²) in [4.78, 5) is 37.4. The highest BCUT2D eigenvalue weighted by Crippen LogP contribution is 2.50. The Hall–Kier alpha value is -4.11. The van der Waals surface area contributed by atoms with Crippen LogP contribution in [0.25, 0.3) is 0 Å². The van der Waals surface area contributed by atoms with Gasteiger partial charge in [0.1, 0.15) is 0 Å². The van der Waals surface area contributed by atoms with Crippen molar-refractivity contribution in [2.45, 2.75) is 19.3 Å². The second kappa shape index (κ2) is 7.79. The molecule has 0 amide bonds. The number of ketones is 3. The topological polar surface area (TPSA) is 51.2 Å². The first-order valence-electron chi connectivity index (χ1n) is 10.9. The van der Waals surface area contributed by atoms with Crippen molar-refractivity contribution in [2.75, 3.05) is 0 Å². The van der Waals surface area contributed by atoms with Crippen LogP contribution >= 0.6 is 0 Å². The lowest BCUT2D eigenvalue weighted by Gasteiger charge is -2.41. The van der Waals surface area contributed by atoms with E-state index in [1.54, 1.807) is 13.8 Å². The standard InChI is InChI=1S/C30H22O3/c1-19(31)21-11-15-23(16-12-21)30(24-17-13-22(14-18-24)20(2)32)27-9-5-3-7-25(27)29(33)26-8-4-6-10-28(26)30/h3-18H,1-2H3. The summed E-state index contributed by atoms with van der Waals surface area (Å²) in [5.74, 6) is -0.000367. The van der Waals surface area contributed by atoms with Crippen LogP contribution in [0.1, 0.15) is 72.7 Å². The van der Waals surface area contributed by atoms with Crippen LogP contribution in [-0.4, -0.2) is 17.3 Å². The van der Waals surface area contributed by atoms with Crippen molar-refractivity contribution in [1.29, 1.82) is 0 Å². The largest absolute Gasteiger partial charge is 0.295 e. The van der Waals surface area contributed by atoms with E-state index in [1.807, 2.05) is 97.1 Å². The molecule has 3 heteroatoms. The van der Waals surface area contributed by atoms with E-state index in [1.165, 1.54) is 0 Å². The van der Waals surface area contributed by atoms with Crippen LogP contribution in [-0.2, 0) is 5.41 Å². The molecule has 0 saturated heterocycles. The molecule has 4 aromatic rings. The highest BCUT2D eigenvalue weighted by molar-refractivity contribution is 6.14. The Balaban J connectivity index is 1.91. The van der Waals surface area contributed by atoms with E-state index in [0.29, 0.717) is 22.3 Å². The van der Waals surface area contributed by atoms with Gasteiger partial charge in [0.2, 0.25) is 0 Å². The van der Waals surface area contributed by atoms with Crippen LogP contribution in [0.5, 0.6) is 0 Å². The van der Waals surface area contributed by atoms with Crippen LogP contribution in [0.3, 0.4) is 0 Å². The molecule has 0 heterocycles. The zero-order valence-corrected chi connectivity index (χ0v) is 18.5. The zero-order chi connectivity index (χ0) is 23.2. The van der Waals surface area contributed by atoms with Crippen molar-refractivity contribution in [2.24, 2.45) is 0 Å². The van der Waals surface area contributed by atoms with Gasteiger partial charge in [0.15, 0.2) is 17.3 Å². The molecule has 3 nitrogen and oxygen atoms in total. The predicted octanol–water partition coefficient (Wildman–Crippen LogP) is 6.02. The summed E-state index contributed by atoms with van der Waals surface area (Å²) in [5, 5.41) is 0. The molecule has 0 radical (unpaired) electrons. The molecule has 0 fully saturated rings. The highest BCUT2D eigenvalue weighted by atomic mass is 16.1. The van der Waals surface area contributed by atoms with Gasteiger partial charge in [-0.05, 0) is 36.1 Å². The van der Waals surface area contributed by atoms with Crippen molar-refractivity contribution >= 4 is 17.3 Å². The van der Waals surface area contributed by atoms with E-state index >= 15 is 0 Å². The summed E-state index contributed by atoms with van der Waals surface area (Å²) in [6.07, 6.45) is 0. The van der Waals surface area contributed by atoms with Crippen molar-refractivity contribution in [3.05, 3.63) is 142 Å². The van der Waals surface area contributed by atoms with E-state index in [2.05, 4.69) is 0 Å². The summed E-state index contributed by atoms with van der Waals surface area (Å²) >= 11 is 0. The van der Waals surface area contributed by atoms with Gasteiger partial charge in [-0.3, -0.25) is 14.4 Å². The minimum absolute atomic E-state index is 0.000957. The normalized spacial score (nSPS) is 13.7. The van der Waals surface area contributed by atoms with E-state index < -0.39 is 5.41 Å². The number of hydrogen-bond acceptors (Lipinski definition) is 3. The molecule has 0 spiro atoms. The van der Waals surface area contributed by atoms with Gasteiger partial charge in [-0.15, -0.1) is 0 Å². The fourth-order valence-corrected chi connectivity index (χ4v) is 5.00. The molecule has 33 heavy (non-hydrogen) atoms. The Bertz CT molecular complexity index is 1300. The first-order valence-corrected chi connectivity index (χ1v) is 10.9. The molecule has 0 aromatic heterocycles. The first kappa shape index (κ1) is 20.8. The van der Waals surface area contributed by atoms with Gasteiger partial charge in [0.25, 0.3) is 0 Å². The average Bonchev–Trinajstić information content (AvgIpc) is 2.85. The second-order valence-electron chi connectivity index (χ2n) is 8.44. The highest BCUT2D eigenvalue weighted by Gasteiger charge is 2.46. The molecule has 0 saturated carbocycles. The molecule has 0 N–H and O–H groups in total. The van der Waals surface area contributed by atoms with Gasteiger partial charge in [-0.2, -0.15) is 0 Å². The third-order valence-corrected chi connectivity index (χ3v) is 6.60. The van der Waals surface area contributed by atoms with Gasteiger partial charge in [0, 0.05) is 22.3 Å². The third kappa shape index (κ3) is 3.08. The Kier molecular flexibility index (Phi) is 4.90. The van der Waals surface area contributed by atoms with Gasteiger partial charge >= 0.3 is 0 Å². The molecule has 5 rings (SSSR count). The molecule has 0 atom stereocenters. The number of benzene rings is 4. The Morgan fingerprint density at radius 1 is 0.545 bits per heavy atom. The van der Waals surface area contributed by atoms with Gasteiger partial charge in [-0.25, -0.2) is 0 Å². The summed E-state index contributed by atoms with van der Waals surface area (Å²) in [5.41, 5.74) is 5.49. The minimum Gasteiger partial charge on any atom is -0.295 e. The fraction of sp³-hybridized carbons (Fsp3) is 0.100. The molecule has 160 valence electrons. The van der Waals surface area contributed by atoms with E-state index in [0.717, 1.165) is 22.3 Å². The lowest BCUT2D eigenvalue weighted by molar-refractivity contribution is 0.100. The maximum atomic E-state index is 13.5. The lowest BCUT2D eigenvalue weighted by atomic mass is 9.59. The molecule has 0 aliphatic heterocycles. The molecule has 0 unspecified atom stereocenters. The molecule has 1 aliphatic carbocycles. The molecule has 4 aromatic carbocycles. The molecule has 0 bridgehead atoms. The number of fused-ring (bicyclic) bond motifs is 2.